The summed E-state index contributed by atoms with van der Waals surface area (Å²) in [6.45, 7) is 0.0545. The summed E-state index contributed by atoms with van der Waals surface area (Å²) in [5.41, 5.74) is 0. The Hall–Kier alpha value is -0.380. The Morgan fingerprint density at radius 1 is 1.37 bits per heavy atom. The summed E-state index contributed by atoms with van der Waals surface area (Å²) in [4.78, 5) is 0. The van der Waals surface area contributed by atoms with E-state index in [1.54, 1.807) is 6.92 Å². The highest BCUT2D eigenvalue weighted by molar-refractivity contribution is 7.90. The first-order valence-electron chi connectivity index (χ1n) is 6.07. The van der Waals surface area contributed by atoms with Crippen molar-refractivity contribution < 1.29 is 26.3 Å². The average Bonchev–Trinajstić information content (AvgIpc) is 3.07. The Balaban J connectivity index is 2.14. The van der Waals surface area contributed by atoms with Crippen molar-refractivity contribution in [2.24, 2.45) is 0 Å². The van der Waals surface area contributed by atoms with Gasteiger partial charge in [0.2, 0.25) is 10.0 Å². The molecule has 0 aromatic heterocycles. The van der Waals surface area contributed by atoms with E-state index >= 15 is 0 Å². The molecule has 0 saturated heterocycles. The molecule has 0 spiro atoms. The molecule has 1 fully saturated rings. The van der Waals surface area contributed by atoms with Gasteiger partial charge in [-0.15, -0.1) is 0 Å². The third-order valence-corrected chi connectivity index (χ3v) is 4.45. The second-order valence-electron chi connectivity index (χ2n) is 4.60. The topological polar surface area (TPSA) is 67.4 Å². The molecule has 114 valence electrons. The summed E-state index contributed by atoms with van der Waals surface area (Å²) in [6.07, 6.45) is -2.27. The first-order chi connectivity index (χ1) is 8.71. The number of nitrogens with one attached hydrogen (secondary N) is 2. The van der Waals surface area contributed by atoms with Gasteiger partial charge < -0.3 is 10.1 Å². The first-order valence-corrected chi connectivity index (χ1v) is 7.62. The van der Waals surface area contributed by atoms with Crippen LogP contribution in [0.4, 0.5) is 13.2 Å². The quantitative estimate of drug-likeness (QED) is 0.613. The molecule has 1 aliphatic carbocycles. The molecule has 9 heteroatoms. The molecular weight excluding hydrogens is 285 g/mol. The van der Waals surface area contributed by atoms with E-state index in [1.807, 2.05) is 0 Å². The van der Waals surface area contributed by atoms with Crippen molar-refractivity contribution in [1.82, 2.24) is 10.0 Å². The third-order valence-electron chi connectivity index (χ3n) is 2.62. The second-order valence-corrected chi connectivity index (χ2v) is 6.78. The van der Waals surface area contributed by atoms with Crippen LogP contribution in [0.25, 0.3) is 0 Å². The van der Waals surface area contributed by atoms with E-state index in [9.17, 15) is 21.6 Å². The molecular formula is C10H19F3N2O3S. The van der Waals surface area contributed by atoms with Gasteiger partial charge in [0, 0.05) is 19.1 Å². The summed E-state index contributed by atoms with van der Waals surface area (Å²) in [7, 11) is -3.52. The van der Waals surface area contributed by atoms with Crippen LogP contribution < -0.4 is 10.0 Å². The van der Waals surface area contributed by atoms with E-state index in [4.69, 9.17) is 0 Å². The van der Waals surface area contributed by atoms with Gasteiger partial charge in [-0.25, -0.2) is 13.1 Å². The first kappa shape index (κ1) is 16.7. The molecule has 1 atom stereocenters. The SMILES string of the molecule is CC(CNC1CC1)S(=O)(=O)NCCOCC(F)(F)F. The van der Waals surface area contributed by atoms with Gasteiger partial charge in [0.15, 0.2) is 0 Å². The van der Waals surface area contributed by atoms with Crippen molar-refractivity contribution >= 4 is 10.0 Å². The third kappa shape index (κ3) is 7.71. The largest absolute Gasteiger partial charge is 0.411 e. The zero-order chi connectivity index (χ0) is 14.5. The van der Waals surface area contributed by atoms with Gasteiger partial charge in [-0.1, -0.05) is 0 Å². The lowest BCUT2D eigenvalue weighted by Gasteiger charge is -2.14. The Bertz CT molecular complexity index is 369. The standard InChI is InChI=1S/C10H19F3N2O3S/c1-8(6-14-9-2-3-9)19(16,17)15-4-5-18-7-10(11,12)13/h8-9,14-15H,2-7H2,1H3. The Morgan fingerprint density at radius 2 is 2.00 bits per heavy atom. The molecule has 0 aromatic rings. The minimum atomic E-state index is -4.39. The maximum Gasteiger partial charge on any atom is 0.411 e. The number of hydrogen-bond acceptors (Lipinski definition) is 4. The van der Waals surface area contributed by atoms with Crippen LogP contribution in [-0.4, -0.2) is 52.2 Å². The van der Waals surface area contributed by atoms with E-state index < -0.39 is 28.1 Å². The molecule has 1 unspecified atom stereocenters. The van der Waals surface area contributed by atoms with Gasteiger partial charge in [0.1, 0.15) is 6.61 Å². The summed E-state index contributed by atoms with van der Waals surface area (Å²) in [6, 6.07) is 0.410. The fourth-order valence-electron chi connectivity index (χ4n) is 1.32. The van der Waals surface area contributed by atoms with E-state index in [1.165, 1.54) is 0 Å². The van der Waals surface area contributed by atoms with Crippen LogP contribution in [-0.2, 0) is 14.8 Å². The van der Waals surface area contributed by atoms with Gasteiger partial charge in [-0.3, -0.25) is 0 Å². The minimum Gasteiger partial charge on any atom is -0.371 e. The highest BCUT2D eigenvalue weighted by Crippen LogP contribution is 2.18. The molecule has 2 N–H and O–H groups in total. The molecule has 0 aliphatic heterocycles. The number of halogens is 3. The predicted molar refractivity (Wildman–Crippen MR) is 64.3 cm³/mol. The van der Waals surface area contributed by atoms with Crippen molar-refractivity contribution in [1.29, 1.82) is 0 Å². The van der Waals surface area contributed by atoms with E-state index in [-0.39, 0.29) is 13.2 Å². The zero-order valence-corrected chi connectivity index (χ0v) is 11.5. The predicted octanol–water partition coefficient (Wildman–Crippen LogP) is 0.625. The summed E-state index contributed by atoms with van der Waals surface area (Å²) in [5, 5.41) is 2.46. The number of alkyl halides is 3. The number of ether oxygens (including phenoxy) is 1. The minimum absolute atomic E-state index is 0.161. The van der Waals surface area contributed by atoms with Crippen molar-refractivity contribution in [3.8, 4) is 0 Å². The molecule has 5 nitrogen and oxygen atoms in total. The lowest BCUT2D eigenvalue weighted by Crippen LogP contribution is -2.40. The Morgan fingerprint density at radius 3 is 2.53 bits per heavy atom. The van der Waals surface area contributed by atoms with Crippen LogP contribution in [0.2, 0.25) is 0 Å². The van der Waals surface area contributed by atoms with Crippen LogP contribution in [0, 0.1) is 0 Å². The lowest BCUT2D eigenvalue weighted by molar-refractivity contribution is -0.173. The smallest absolute Gasteiger partial charge is 0.371 e. The number of rotatable bonds is 9. The summed E-state index contributed by atoms with van der Waals surface area (Å²) < 4.78 is 65.2. The summed E-state index contributed by atoms with van der Waals surface area (Å²) >= 11 is 0. The highest BCUT2D eigenvalue weighted by atomic mass is 32.2. The van der Waals surface area contributed by atoms with E-state index in [0.717, 1.165) is 12.8 Å². The lowest BCUT2D eigenvalue weighted by atomic mass is 10.4. The number of hydrogen-bond donors (Lipinski definition) is 2. The maximum absolute atomic E-state index is 11.8. The fraction of sp³-hybridized carbons (Fsp3) is 1.00. The van der Waals surface area contributed by atoms with Gasteiger partial charge in [-0.2, -0.15) is 13.2 Å². The molecule has 0 aromatic carbocycles. The van der Waals surface area contributed by atoms with Crippen molar-refractivity contribution in [3.05, 3.63) is 0 Å². The molecule has 0 heterocycles. The van der Waals surface area contributed by atoms with E-state index in [0.29, 0.717) is 12.6 Å². The average molecular weight is 304 g/mol. The molecule has 19 heavy (non-hydrogen) atoms. The maximum atomic E-state index is 11.8. The summed E-state index contributed by atoms with van der Waals surface area (Å²) in [5.74, 6) is 0. The Labute approximate surface area is 110 Å². The monoisotopic (exact) mass is 304 g/mol. The molecule has 1 rings (SSSR count). The van der Waals surface area contributed by atoms with Gasteiger partial charge in [0.05, 0.1) is 11.9 Å². The molecule has 0 bridgehead atoms. The number of sulfonamides is 1. The molecule has 0 radical (unpaired) electrons. The normalized spacial score (nSPS) is 18.5. The second kappa shape index (κ2) is 6.87. The van der Waals surface area contributed by atoms with Gasteiger partial charge >= 0.3 is 6.18 Å². The van der Waals surface area contributed by atoms with Crippen LogP contribution in [0.5, 0.6) is 0 Å². The molecule has 1 saturated carbocycles. The fourth-order valence-corrected chi connectivity index (χ4v) is 2.28. The van der Waals surface area contributed by atoms with Crippen LogP contribution in [0.3, 0.4) is 0 Å². The van der Waals surface area contributed by atoms with Crippen LogP contribution in [0.15, 0.2) is 0 Å². The van der Waals surface area contributed by atoms with Crippen molar-refractivity contribution in [2.75, 3.05) is 26.3 Å². The van der Waals surface area contributed by atoms with E-state index in [2.05, 4.69) is 14.8 Å². The van der Waals surface area contributed by atoms with Crippen molar-refractivity contribution in [3.63, 3.8) is 0 Å². The van der Waals surface area contributed by atoms with Crippen LogP contribution in [0.1, 0.15) is 19.8 Å². The van der Waals surface area contributed by atoms with Crippen molar-refractivity contribution in [2.45, 2.75) is 37.2 Å². The molecule has 1 aliphatic rings. The van der Waals surface area contributed by atoms with Gasteiger partial charge in [0.25, 0.3) is 0 Å². The Kier molecular flexibility index (Phi) is 6.03. The van der Waals surface area contributed by atoms with Gasteiger partial charge in [-0.05, 0) is 19.8 Å². The zero-order valence-electron chi connectivity index (χ0n) is 10.7. The van der Waals surface area contributed by atoms with Crippen LogP contribution >= 0.6 is 0 Å². The highest BCUT2D eigenvalue weighted by Gasteiger charge is 2.28. The molecule has 0 amide bonds.